The van der Waals surface area contributed by atoms with Gasteiger partial charge in [0.1, 0.15) is 17.8 Å². The van der Waals surface area contributed by atoms with E-state index >= 15 is 0 Å². The molecule has 3 heteroatoms. The molecule has 0 N–H and O–H groups in total. The highest BCUT2D eigenvalue weighted by atomic mass is 16.5. The molecule has 0 fully saturated rings. The highest BCUT2D eigenvalue weighted by Crippen LogP contribution is 2.32. The minimum Gasteiger partial charge on any atom is -0.493 e. The van der Waals surface area contributed by atoms with Crippen molar-refractivity contribution in [1.82, 2.24) is 0 Å². The highest BCUT2D eigenvalue weighted by Gasteiger charge is 2.07. The first-order chi connectivity index (χ1) is 9.78. The van der Waals surface area contributed by atoms with E-state index in [9.17, 15) is 4.79 Å². The van der Waals surface area contributed by atoms with Gasteiger partial charge in [0.05, 0.1) is 13.2 Å². The molecule has 0 atom stereocenters. The van der Waals surface area contributed by atoms with Crippen LogP contribution in [0.2, 0.25) is 0 Å². The van der Waals surface area contributed by atoms with Crippen molar-refractivity contribution >= 4 is 17.1 Å². The maximum atomic E-state index is 10.9. The molecule has 0 saturated carbocycles. The van der Waals surface area contributed by atoms with Gasteiger partial charge >= 0.3 is 0 Å². The van der Waals surface area contributed by atoms with E-state index in [1.165, 1.54) is 0 Å². The van der Waals surface area contributed by atoms with E-state index in [1.807, 2.05) is 30.3 Å². The molecule has 20 heavy (non-hydrogen) atoms. The van der Waals surface area contributed by atoms with Gasteiger partial charge in [-0.25, -0.2) is 0 Å². The Balaban J connectivity index is 2.46. The lowest BCUT2D eigenvalue weighted by Crippen LogP contribution is -1.99. The van der Waals surface area contributed by atoms with E-state index < -0.39 is 0 Å². The fourth-order valence-electron chi connectivity index (χ4n) is 2.02. The summed E-state index contributed by atoms with van der Waals surface area (Å²) in [6.45, 7) is 5.48. The van der Waals surface area contributed by atoms with Crippen LogP contribution in [0.3, 0.4) is 0 Å². The number of fused-ring (bicyclic) bond motifs is 1. The summed E-state index contributed by atoms with van der Waals surface area (Å²) in [5.74, 6) is 1.59. The Morgan fingerprint density at radius 3 is 2.45 bits per heavy atom. The highest BCUT2D eigenvalue weighted by molar-refractivity contribution is 5.94. The van der Waals surface area contributed by atoms with Gasteiger partial charge in [-0.05, 0) is 30.4 Å². The smallest absolute Gasteiger partial charge is 0.150 e. The first-order valence-corrected chi connectivity index (χ1v) is 7.07. The van der Waals surface area contributed by atoms with Crippen LogP contribution in [0, 0.1) is 0 Å². The zero-order chi connectivity index (χ0) is 14.4. The third-order valence-corrected chi connectivity index (χ3v) is 2.98. The zero-order valence-electron chi connectivity index (χ0n) is 12.0. The van der Waals surface area contributed by atoms with Gasteiger partial charge in [0.25, 0.3) is 0 Å². The normalized spacial score (nSPS) is 10.5. The number of carbonyl (C=O) groups is 1. The van der Waals surface area contributed by atoms with E-state index in [0.29, 0.717) is 18.8 Å². The Kier molecular flexibility index (Phi) is 4.99. The fraction of sp³-hybridized carbons (Fsp3) is 0.353. The Hall–Kier alpha value is -2.03. The van der Waals surface area contributed by atoms with Crippen LogP contribution in [-0.4, -0.2) is 19.5 Å². The number of hydrogen-bond donors (Lipinski definition) is 0. The molecule has 0 aliphatic carbocycles. The maximum Gasteiger partial charge on any atom is 0.150 e. The summed E-state index contributed by atoms with van der Waals surface area (Å²) in [4.78, 5) is 10.9. The quantitative estimate of drug-likeness (QED) is 0.707. The van der Waals surface area contributed by atoms with E-state index in [0.717, 1.165) is 41.4 Å². The Morgan fingerprint density at radius 1 is 1.00 bits per heavy atom. The number of aldehydes is 1. The molecular weight excluding hydrogens is 252 g/mol. The topological polar surface area (TPSA) is 35.5 Å². The monoisotopic (exact) mass is 272 g/mol. The lowest BCUT2D eigenvalue weighted by atomic mass is 10.1. The molecule has 2 aromatic carbocycles. The Bertz CT molecular complexity index is 590. The number of benzene rings is 2. The lowest BCUT2D eigenvalue weighted by Gasteiger charge is -2.12. The van der Waals surface area contributed by atoms with Crippen LogP contribution >= 0.6 is 0 Å². The fourth-order valence-corrected chi connectivity index (χ4v) is 2.02. The number of carbonyl (C=O) groups excluding carboxylic acids is 1. The van der Waals surface area contributed by atoms with Gasteiger partial charge in [0.2, 0.25) is 0 Å². The second-order valence-corrected chi connectivity index (χ2v) is 4.72. The first kappa shape index (κ1) is 14.4. The van der Waals surface area contributed by atoms with Gasteiger partial charge < -0.3 is 9.47 Å². The van der Waals surface area contributed by atoms with Crippen molar-refractivity contribution in [2.75, 3.05) is 13.2 Å². The summed E-state index contributed by atoms with van der Waals surface area (Å²) in [6.07, 6.45) is 2.76. The minimum atomic E-state index is 0.650. The van der Waals surface area contributed by atoms with Crippen LogP contribution < -0.4 is 9.47 Å². The molecule has 2 rings (SSSR count). The average Bonchev–Trinajstić information content (AvgIpc) is 2.50. The van der Waals surface area contributed by atoms with E-state index in [2.05, 4.69) is 13.8 Å². The molecule has 3 nitrogen and oxygen atoms in total. The predicted octanol–water partition coefficient (Wildman–Crippen LogP) is 4.23. The van der Waals surface area contributed by atoms with Gasteiger partial charge in [-0.3, -0.25) is 4.79 Å². The summed E-state index contributed by atoms with van der Waals surface area (Å²) >= 11 is 0. The summed E-state index contributed by atoms with van der Waals surface area (Å²) in [7, 11) is 0. The van der Waals surface area contributed by atoms with Crippen LogP contribution in [0.4, 0.5) is 0 Å². The van der Waals surface area contributed by atoms with Crippen LogP contribution in [-0.2, 0) is 0 Å². The van der Waals surface area contributed by atoms with Gasteiger partial charge in [0.15, 0.2) is 0 Å². The molecule has 0 saturated heterocycles. The number of ether oxygens (including phenoxy) is 2. The van der Waals surface area contributed by atoms with E-state index in [4.69, 9.17) is 9.47 Å². The summed E-state index contributed by atoms with van der Waals surface area (Å²) in [5, 5.41) is 1.97. The zero-order valence-corrected chi connectivity index (χ0v) is 12.0. The SMILES string of the molecule is CCCOc1cc(OCCC)c2cc(C=O)ccc2c1. The maximum absolute atomic E-state index is 10.9. The average molecular weight is 272 g/mol. The summed E-state index contributed by atoms with van der Waals surface area (Å²) in [5.41, 5.74) is 0.654. The lowest BCUT2D eigenvalue weighted by molar-refractivity contribution is 0.112. The van der Waals surface area contributed by atoms with Crippen molar-refractivity contribution in [3.8, 4) is 11.5 Å². The van der Waals surface area contributed by atoms with Crippen molar-refractivity contribution in [3.05, 3.63) is 35.9 Å². The largest absolute Gasteiger partial charge is 0.493 e. The number of rotatable bonds is 7. The number of hydrogen-bond acceptors (Lipinski definition) is 3. The molecule has 0 radical (unpaired) electrons. The third kappa shape index (κ3) is 3.29. The molecule has 0 unspecified atom stereocenters. The standard InChI is InChI=1S/C17H20O3/c1-3-7-19-15-10-14-6-5-13(12-18)9-16(14)17(11-15)20-8-4-2/h5-6,9-12H,3-4,7-8H2,1-2H3. The van der Waals surface area contributed by atoms with Crippen LogP contribution in [0.25, 0.3) is 10.8 Å². The van der Waals surface area contributed by atoms with Crippen molar-refractivity contribution in [2.24, 2.45) is 0 Å². The van der Waals surface area contributed by atoms with Crippen molar-refractivity contribution in [2.45, 2.75) is 26.7 Å². The van der Waals surface area contributed by atoms with Gasteiger partial charge in [0, 0.05) is 17.0 Å². The molecule has 0 amide bonds. The Morgan fingerprint density at radius 2 is 1.75 bits per heavy atom. The van der Waals surface area contributed by atoms with Crippen LogP contribution in [0.5, 0.6) is 11.5 Å². The molecular formula is C17H20O3. The molecule has 0 heterocycles. The van der Waals surface area contributed by atoms with Crippen molar-refractivity contribution < 1.29 is 14.3 Å². The minimum absolute atomic E-state index is 0.650. The van der Waals surface area contributed by atoms with Crippen molar-refractivity contribution in [1.29, 1.82) is 0 Å². The summed E-state index contributed by atoms with van der Waals surface area (Å²) < 4.78 is 11.5. The second kappa shape index (κ2) is 6.94. The van der Waals surface area contributed by atoms with Gasteiger partial charge in [-0.1, -0.05) is 26.0 Å². The second-order valence-electron chi connectivity index (χ2n) is 4.72. The molecule has 106 valence electrons. The molecule has 0 bridgehead atoms. The molecule has 0 aliphatic rings. The summed E-state index contributed by atoms with van der Waals surface area (Å²) in [6, 6.07) is 9.48. The van der Waals surface area contributed by atoms with Crippen molar-refractivity contribution in [3.63, 3.8) is 0 Å². The molecule has 0 spiro atoms. The van der Waals surface area contributed by atoms with E-state index in [-0.39, 0.29) is 0 Å². The van der Waals surface area contributed by atoms with E-state index in [1.54, 1.807) is 0 Å². The molecule has 0 aliphatic heterocycles. The van der Waals surface area contributed by atoms with Crippen LogP contribution in [0.15, 0.2) is 30.3 Å². The Labute approximate surface area is 119 Å². The third-order valence-electron chi connectivity index (χ3n) is 2.98. The first-order valence-electron chi connectivity index (χ1n) is 7.07. The molecule has 0 aromatic heterocycles. The van der Waals surface area contributed by atoms with Gasteiger partial charge in [-0.15, -0.1) is 0 Å². The van der Waals surface area contributed by atoms with Crippen LogP contribution in [0.1, 0.15) is 37.0 Å². The predicted molar refractivity (Wildman–Crippen MR) is 80.9 cm³/mol. The van der Waals surface area contributed by atoms with Gasteiger partial charge in [-0.2, -0.15) is 0 Å². The molecule has 2 aromatic rings.